The van der Waals surface area contributed by atoms with E-state index in [1.54, 1.807) is 16.8 Å². The summed E-state index contributed by atoms with van der Waals surface area (Å²) in [7, 11) is 0. The molecule has 0 aromatic carbocycles. The minimum Gasteiger partial charge on any atom is -0.261 e. The van der Waals surface area contributed by atoms with Crippen LogP contribution in [0.2, 0.25) is 5.15 Å². The van der Waals surface area contributed by atoms with Gasteiger partial charge in [0.05, 0.1) is 29.7 Å². The molecule has 128 valence electrons. The van der Waals surface area contributed by atoms with Gasteiger partial charge in [0.25, 0.3) is 0 Å². The van der Waals surface area contributed by atoms with Crippen LogP contribution in [-0.2, 0) is 12.8 Å². The number of pyridine rings is 1. The fourth-order valence-electron chi connectivity index (χ4n) is 2.67. The van der Waals surface area contributed by atoms with E-state index in [0.717, 1.165) is 25.2 Å². The lowest BCUT2D eigenvalue weighted by atomic mass is 10.1. The zero-order valence-corrected chi connectivity index (χ0v) is 13.4. The largest absolute Gasteiger partial charge is 0.504 e. The number of aromatic nitrogens is 5. The third kappa shape index (κ3) is 2.72. The Kier molecular flexibility index (Phi) is 3.30. The molecule has 0 bridgehead atoms. The van der Waals surface area contributed by atoms with E-state index in [9.17, 15) is 18.4 Å². The zero-order chi connectivity index (χ0) is 17.8. The van der Waals surface area contributed by atoms with E-state index >= 15 is 0 Å². The van der Waals surface area contributed by atoms with E-state index in [0.29, 0.717) is 17.6 Å². The zero-order valence-electron chi connectivity index (χ0n) is 12.6. The smallest absolute Gasteiger partial charge is 0.261 e. The lowest BCUT2D eigenvalue weighted by Crippen LogP contribution is -2.16. The second kappa shape index (κ2) is 5.20. The Morgan fingerprint density at radius 1 is 1.32 bits per heavy atom. The first kappa shape index (κ1) is 15.9. The van der Waals surface area contributed by atoms with Gasteiger partial charge in [0.15, 0.2) is 0 Å². The SMILES string of the molecule is N#CC1(Cn2nc(-c3cnn(C(F)(F)F)c3)c3nc(Cl)ccc32)CC1. The first-order valence-corrected chi connectivity index (χ1v) is 7.76. The molecule has 0 N–H and O–H groups in total. The summed E-state index contributed by atoms with van der Waals surface area (Å²) in [4.78, 5) is 4.20. The summed E-state index contributed by atoms with van der Waals surface area (Å²) in [5.41, 5.74) is 0.953. The highest BCUT2D eigenvalue weighted by Crippen LogP contribution is 2.47. The summed E-state index contributed by atoms with van der Waals surface area (Å²) in [6, 6.07) is 5.56. The van der Waals surface area contributed by atoms with Gasteiger partial charge < -0.3 is 0 Å². The first-order valence-electron chi connectivity index (χ1n) is 7.38. The van der Waals surface area contributed by atoms with Crippen molar-refractivity contribution in [2.45, 2.75) is 25.7 Å². The standard InChI is InChI=1S/C15H10ClF3N6/c16-11-2-1-10-13(22-11)12(9-5-21-25(6-9)15(17,18)19)23-24(10)8-14(7-20)3-4-14/h1-2,5-6H,3-4,8H2. The summed E-state index contributed by atoms with van der Waals surface area (Å²) in [6.45, 7) is 0.358. The van der Waals surface area contributed by atoms with Crippen molar-refractivity contribution < 1.29 is 13.2 Å². The molecule has 3 aromatic rings. The molecule has 0 amide bonds. The van der Waals surface area contributed by atoms with Crippen molar-refractivity contribution in [2.75, 3.05) is 0 Å². The number of nitrogens with zero attached hydrogens (tertiary/aromatic N) is 6. The molecule has 1 fully saturated rings. The van der Waals surface area contributed by atoms with Gasteiger partial charge in [-0.1, -0.05) is 11.6 Å². The van der Waals surface area contributed by atoms with Gasteiger partial charge in [-0.25, -0.2) is 4.98 Å². The maximum absolute atomic E-state index is 12.8. The Morgan fingerprint density at radius 2 is 2.08 bits per heavy atom. The summed E-state index contributed by atoms with van der Waals surface area (Å²) >= 11 is 5.94. The molecule has 0 aliphatic heterocycles. The molecule has 10 heteroatoms. The average Bonchev–Trinajstić information content (AvgIpc) is 3.00. The second-order valence-corrected chi connectivity index (χ2v) is 6.43. The van der Waals surface area contributed by atoms with Crippen LogP contribution >= 0.6 is 11.6 Å². The van der Waals surface area contributed by atoms with E-state index in [1.165, 1.54) is 0 Å². The lowest BCUT2D eigenvalue weighted by molar-refractivity contribution is -0.212. The maximum atomic E-state index is 12.8. The van der Waals surface area contributed by atoms with Gasteiger partial charge in [0, 0.05) is 11.8 Å². The third-order valence-electron chi connectivity index (χ3n) is 4.22. The van der Waals surface area contributed by atoms with E-state index in [2.05, 4.69) is 21.3 Å². The highest BCUT2D eigenvalue weighted by Gasteiger charge is 2.44. The van der Waals surface area contributed by atoms with Crippen LogP contribution in [0.1, 0.15) is 12.8 Å². The van der Waals surface area contributed by atoms with E-state index < -0.39 is 11.7 Å². The topological polar surface area (TPSA) is 72.3 Å². The van der Waals surface area contributed by atoms with Gasteiger partial charge in [-0.15, -0.1) is 13.2 Å². The quantitative estimate of drug-likeness (QED) is 0.662. The summed E-state index contributed by atoms with van der Waals surface area (Å²) < 4.78 is 39.9. The predicted octanol–water partition coefficient (Wildman–Crippen LogP) is 3.73. The Balaban J connectivity index is 1.85. The van der Waals surface area contributed by atoms with Gasteiger partial charge >= 0.3 is 6.30 Å². The van der Waals surface area contributed by atoms with Crippen LogP contribution in [0.3, 0.4) is 0 Å². The molecule has 1 saturated carbocycles. The number of hydrogen-bond donors (Lipinski definition) is 0. The Hall–Kier alpha value is -2.60. The van der Waals surface area contributed by atoms with Crippen molar-refractivity contribution in [3.05, 3.63) is 29.7 Å². The van der Waals surface area contributed by atoms with E-state index in [1.807, 2.05) is 0 Å². The second-order valence-electron chi connectivity index (χ2n) is 6.04. The summed E-state index contributed by atoms with van der Waals surface area (Å²) in [5, 5.41) is 17.2. The lowest BCUT2D eigenvalue weighted by Gasteiger charge is -2.06. The Morgan fingerprint density at radius 3 is 2.68 bits per heavy atom. The average molecular weight is 367 g/mol. The molecule has 0 spiro atoms. The summed E-state index contributed by atoms with van der Waals surface area (Å²) in [5.74, 6) is 0. The number of nitriles is 1. The van der Waals surface area contributed by atoms with E-state index in [4.69, 9.17) is 11.6 Å². The van der Waals surface area contributed by atoms with Crippen molar-refractivity contribution >= 4 is 22.6 Å². The Bertz CT molecular complexity index is 1010. The molecule has 0 saturated heterocycles. The van der Waals surface area contributed by atoms with Crippen molar-refractivity contribution in [1.82, 2.24) is 24.5 Å². The van der Waals surface area contributed by atoms with Crippen molar-refractivity contribution in [1.29, 1.82) is 5.26 Å². The highest BCUT2D eigenvalue weighted by molar-refractivity contribution is 6.29. The van der Waals surface area contributed by atoms with Crippen molar-refractivity contribution in [3.8, 4) is 17.3 Å². The monoisotopic (exact) mass is 366 g/mol. The first-order chi connectivity index (χ1) is 11.8. The van der Waals surface area contributed by atoms with E-state index in [-0.39, 0.29) is 21.1 Å². The van der Waals surface area contributed by atoms with Crippen LogP contribution < -0.4 is 0 Å². The number of fused-ring (bicyclic) bond motifs is 1. The van der Waals surface area contributed by atoms with Gasteiger partial charge in [0.1, 0.15) is 16.4 Å². The van der Waals surface area contributed by atoms with Crippen LogP contribution in [0, 0.1) is 16.7 Å². The van der Waals surface area contributed by atoms with Crippen molar-refractivity contribution in [3.63, 3.8) is 0 Å². The predicted molar refractivity (Wildman–Crippen MR) is 82.3 cm³/mol. The van der Waals surface area contributed by atoms with Gasteiger partial charge in [0.2, 0.25) is 0 Å². The van der Waals surface area contributed by atoms with Gasteiger partial charge in [-0.2, -0.15) is 20.1 Å². The number of rotatable bonds is 3. The minimum absolute atomic E-state index is 0.0879. The molecule has 25 heavy (non-hydrogen) atoms. The number of halogens is 4. The van der Waals surface area contributed by atoms with Gasteiger partial charge in [-0.05, 0) is 25.0 Å². The third-order valence-corrected chi connectivity index (χ3v) is 4.43. The highest BCUT2D eigenvalue weighted by atomic mass is 35.5. The van der Waals surface area contributed by atoms with Crippen LogP contribution in [0.25, 0.3) is 22.3 Å². The van der Waals surface area contributed by atoms with Crippen LogP contribution in [-0.4, -0.2) is 24.5 Å². The fourth-order valence-corrected chi connectivity index (χ4v) is 2.82. The molecule has 6 nitrogen and oxygen atoms in total. The molecule has 0 unspecified atom stereocenters. The molecule has 0 radical (unpaired) electrons. The molecule has 1 aliphatic carbocycles. The van der Waals surface area contributed by atoms with Crippen LogP contribution in [0.4, 0.5) is 13.2 Å². The molecule has 1 aliphatic rings. The van der Waals surface area contributed by atoms with Crippen LogP contribution in [0.5, 0.6) is 0 Å². The summed E-state index contributed by atoms with van der Waals surface area (Å²) in [6.07, 6.45) is -1.13. The van der Waals surface area contributed by atoms with Gasteiger partial charge in [-0.3, -0.25) is 4.68 Å². The van der Waals surface area contributed by atoms with Crippen LogP contribution in [0.15, 0.2) is 24.5 Å². The normalized spacial score (nSPS) is 16.1. The molecular formula is C15H10ClF3N6. The fraction of sp³-hybridized carbons (Fsp3) is 0.333. The number of hydrogen-bond acceptors (Lipinski definition) is 4. The maximum Gasteiger partial charge on any atom is 0.504 e. The minimum atomic E-state index is -4.61. The molecule has 3 heterocycles. The molecule has 4 rings (SSSR count). The molecule has 3 aromatic heterocycles. The molecular weight excluding hydrogens is 357 g/mol. The Labute approximate surface area is 144 Å². The van der Waals surface area contributed by atoms with Crippen molar-refractivity contribution in [2.24, 2.45) is 5.41 Å². The molecule has 0 atom stereocenters. The number of alkyl halides is 3.